The molecular formula is C15H21ClN4O. The summed E-state index contributed by atoms with van der Waals surface area (Å²) in [6, 6.07) is 7.87. The van der Waals surface area contributed by atoms with Gasteiger partial charge in [-0.25, -0.2) is 9.67 Å². The van der Waals surface area contributed by atoms with Gasteiger partial charge in [-0.3, -0.25) is 0 Å². The highest BCUT2D eigenvalue weighted by molar-refractivity contribution is 6.30. The Hall–Kier alpha value is -1.59. The van der Waals surface area contributed by atoms with E-state index >= 15 is 0 Å². The van der Waals surface area contributed by atoms with E-state index in [4.69, 9.17) is 16.3 Å². The maximum absolute atomic E-state index is 5.95. The molecule has 0 saturated heterocycles. The van der Waals surface area contributed by atoms with Crippen LogP contribution in [0.4, 0.5) is 0 Å². The van der Waals surface area contributed by atoms with Crippen LogP contribution in [0.25, 0.3) is 0 Å². The monoisotopic (exact) mass is 308 g/mol. The third kappa shape index (κ3) is 4.44. The minimum Gasteiger partial charge on any atom is -0.492 e. The Morgan fingerprint density at radius 1 is 1.38 bits per heavy atom. The molecule has 0 aliphatic carbocycles. The van der Waals surface area contributed by atoms with Crippen molar-refractivity contribution in [3.05, 3.63) is 41.4 Å². The smallest absolute Gasteiger partial charge is 0.138 e. The summed E-state index contributed by atoms with van der Waals surface area (Å²) in [4.78, 5) is 4.33. The average Bonchev–Trinajstić information content (AvgIpc) is 2.91. The van der Waals surface area contributed by atoms with E-state index in [2.05, 4.69) is 29.2 Å². The van der Waals surface area contributed by atoms with Crippen molar-refractivity contribution in [3.63, 3.8) is 0 Å². The summed E-state index contributed by atoms with van der Waals surface area (Å²) in [5, 5.41) is 8.18. The highest BCUT2D eigenvalue weighted by atomic mass is 35.5. The Balaban J connectivity index is 1.95. The Bertz CT molecular complexity index is 570. The lowest BCUT2D eigenvalue weighted by atomic mass is 10.2. The Labute approximate surface area is 130 Å². The van der Waals surface area contributed by atoms with Crippen LogP contribution < -0.4 is 10.1 Å². The average molecular weight is 309 g/mol. The van der Waals surface area contributed by atoms with E-state index in [-0.39, 0.29) is 6.04 Å². The highest BCUT2D eigenvalue weighted by Crippen LogP contribution is 2.17. The standard InChI is InChI=1S/C15H21ClN4O/c1-11(2)20-15(18-10-19-20)8-13(17-3)9-21-14-6-4-5-12(16)7-14/h4-7,10-11,13,17H,8-9H2,1-3H3. The number of rotatable bonds is 7. The third-order valence-corrected chi connectivity index (χ3v) is 3.46. The number of likely N-dealkylation sites (N-methyl/N-ethyl adjacent to an activating group) is 1. The molecule has 0 spiro atoms. The minimum atomic E-state index is 0.158. The van der Waals surface area contributed by atoms with Gasteiger partial charge in [0.05, 0.1) is 0 Å². The number of nitrogens with zero attached hydrogens (tertiary/aromatic N) is 3. The first-order valence-corrected chi connectivity index (χ1v) is 7.42. The fourth-order valence-electron chi connectivity index (χ4n) is 2.07. The molecule has 0 aliphatic rings. The molecule has 1 aromatic heterocycles. The molecule has 2 rings (SSSR count). The molecule has 0 bridgehead atoms. The zero-order chi connectivity index (χ0) is 15.2. The molecule has 1 aromatic carbocycles. The molecule has 1 unspecified atom stereocenters. The first kappa shape index (κ1) is 15.8. The van der Waals surface area contributed by atoms with Gasteiger partial charge in [-0.15, -0.1) is 0 Å². The van der Waals surface area contributed by atoms with Gasteiger partial charge in [0.15, 0.2) is 0 Å². The second kappa shape index (κ2) is 7.43. The molecule has 5 nitrogen and oxygen atoms in total. The second-order valence-electron chi connectivity index (χ2n) is 5.17. The molecule has 2 aromatic rings. The molecule has 21 heavy (non-hydrogen) atoms. The summed E-state index contributed by atoms with van der Waals surface area (Å²) < 4.78 is 7.72. The van der Waals surface area contributed by atoms with Crippen LogP contribution in [0.1, 0.15) is 25.7 Å². The van der Waals surface area contributed by atoms with Crippen molar-refractivity contribution in [1.82, 2.24) is 20.1 Å². The van der Waals surface area contributed by atoms with Crippen molar-refractivity contribution in [2.24, 2.45) is 0 Å². The Morgan fingerprint density at radius 2 is 2.19 bits per heavy atom. The first-order valence-electron chi connectivity index (χ1n) is 7.04. The van der Waals surface area contributed by atoms with Gasteiger partial charge in [-0.1, -0.05) is 17.7 Å². The molecule has 0 aliphatic heterocycles. The number of hydrogen-bond acceptors (Lipinski definition) is 4. The van der Waals surface area contributed by atoms with Crippen LogP contribution in [0.2, 0.25) is 5.02 Å². The van der Waals surface area contributed by atoms with Crippen molar-refractivity contribution in [2.45, 2.75) is 32.4 Å². The van der Waals surface area contributed by atoms with Crippen LogP contribution >= 0.6 is 11.6 Å². The van der Waals surface area contributed by atoms with Crippen LogP contribution in [0.5, 0.6) is 5.75 Å². The van der Waals surface area contributed by atoms with E-state index in [9.17, 15) is 0 Å². The van der Waals surface area contributed by atoms with E-state index in [0.717, 1.165) is 18.0 Å². The van der Waals surface area contributed by atoms with Gasteiger partial charge in [0.25, 0.3) is 0 Å². The minimum absolute atomic E-state index is 0.158. The summed E-state index contributed by atoms with van der Waals surface area (Å²) in [5.74, 6) is 1.73. The normalized spacial score (nSPS) is 12.6. The summed E-state index contributed by atoms with van der Waals surface area (Å²) in [6.07, 6.45) is 2.36. The van der Waals surface area contributed by atoms with E-state index < -0.39 is 0 Å². The molecule has 0 amide bonds. The topological polar surface area (TPSA) is 52.0 Å². The van der Waals surface area contributed by atoms with Gasteiger partial charge in [-0.05, 0) is 39.1 Å². The predicted octanol–water partition coefficient (Wildman–Crippen LogP) is 2.72. The molecule has 114 valence electrons. The molecule has 6 heteroatoms. The summed E-state index contributed by atoms with van der Waals surface area (Å²) in [5.41, 5.74) is 0. The Morgan fingerprint density at radius 3 is 2.86 bits per heavy atom. The first-order chi connectivity index (χ1) is 10.1. The van der Waals surface area contributed by atoms with Gasteiger partial charge in [0, 0.05) is 23.5 Å². The van der Waals surface area contributed by atoms with Crippen molar-refractivity contribution in [3.8, 4) is 5.75 Å². The molecule has 1 N–H and O–H groups in total. The summed E-state index contributed by atoms with van der Waals surface area (Å²) in [7, 11) is 1.92. The molecule has 0 radical (unpaired) electrons. The van der Waals surface area contributed by atoms with Crippen molar-refractivity contribution in [1.29, 1.82) is 0 Å². The van der Waals surface area contributed by atoms with Crippen LogP contribution in [0.3, 0.4) is 0 Å². The zero-order valence-electron chi connectivity index (χ0n) is 12.6. The fraction of sp³-hybridized carbons (Fsp3) is 0.467. The lowest BCUT2D eigenvalue weighted by Gasteiger charge is -2.18. The number of benzene rings is 1. The lowest BCUT2D eigenvalue weighted by Crippen LogP contribution is -2.35. The number of nitrogens with one attached hydrogen (secondary N) is 1. The largest absolute Gasteiger partial charge is 0.492 e. The summed E-state index contributed by atoms with van der Waals surface area (Å²) in [6.45, 7) is 4.73. The molecule has 0 fully saturated rings. The van der Waals surface area contributed by atoms with Gasteiger partial charge >= 0.3 is 0 Å². The van der Waals surface area contributed by atoms with Crippen LogP contribution in [-0.2, 0) is 6.42 Å². The number of aromatic nitrogens is 3. The molecule has 1 atom stereocenters. The van der Waals surface area contributed by atoms with Crippen LogP contribution in [0.15, 0.2) is 30.6 Å². The SMILES string of the molecule is CNC(COc1cccc(Cl)c1)Cc1ncnn1C(C)C. The van der Waals surface area contributed by atoms with E-state index in [1.54, 1.807) is 6.33 Å². The van der Waals surface area contributed by atoms with Crippen LogP contribution in [-0.4, -0.2) is 34.5 Å². The summed E-state index contributed by atoms with van der Waals surface area (Å²) >= 11 is 5.95. The van der Waals surface area contributed by atoms with E-state index in [1.807, 2.05) is 36.0 Å². The fourth-order valence-corrected chi connectivity index (χ4v) is 2.25. The maximum Gasteiger partial charge on any atom is 0.138 e. The van der Waals surface area contributed by atoms with Crippen molar-refractivity contribution in [2.75, 3.05) is 13.7 Å². The molecule has 0 saturated carbocycles. The Kier molecular flexibility index (Phi) is 5.59. The van der Waals surface area contributed by atoms with Gasteiger partial charge in [0.2, 0.25) is 0 Å². The van der Waals surface area contributed by atoms with Crippen molar-refractivity contribution >= 4 is 11.6 Å². The van der Waals surface area contributed by atoms with Gasteiger partial charge in [-0.2, -0.15) is 5.10 Å². The number of halogens is 1. The van der Waals surface area contributed by atoms with E-state index in [0.29, 0.717) is 17.7 Å². The molecular weight excluding hydrogens is 288 g/mol. The van der Waals surface area contributed by atoms with Crippen molar-refractivity contribution < 1.29 is 4.74 Å². The quantitative estimate of drug-likeness (QED) is 0.854. The van der Waals surface area contributed by atoms with Gasteiger partial charge in [0.1, 0.15) is 24.5 Å². The van der Waals surface area contributed by atoms with E-state index in [1.165, 1.54) is 0 Å². The maximum atomic E-state index is 5.95. The van der Waals surface area contributed by atoms with Gasteiger partial charge < -0.3 is 10.1 Å². The van der Waals surface area contributed by atoms with Crippen LogP contribution in [0, 0.1) is 0 Å². The number of hydrogen-bond donors (Lipinski definition) is 1. The second-order valence-corrected chi connectivity index (χ2v) is 5.61. The molecule has 1 heterocycles. The highest BCUT2D eigenvalue weighted by Gasteiger charge is 2.14. The lowest BCUT2D eigenvalue weighted by molar-refractivity contribution is 0.266. The predicted molar refractivity (Wildman–Crippen MR) is 83.9 cm³/mol. The number of ether oxygens (including phenoxy) is 1. The third-order valence-electron chi connectivity index (χ3n) is 3.22. The zero-order valence-corrected chi connectivity index (χ0v) is 13.3.